The Labute approximate surface area is 103 Å². The second-order valence-corrected chi connectivity index (χ2v) is 4.98. The average molecular weight is 241 g/mol. The van der Waals surface area contributed by atoms with Crippen molar-refractivity contribution in [1.82, 2.24) is 15.2 Å². The third kappa shape index (κ3) is 4.60. The molecule has 4 heteroatoms. The van der Waals surface area contributed by atoms with Crippen LogP contribution in [-0.2, 0) is 13.1 Å². The summed E-state index contributed by atoms with van der Waals surface area (Å²) in [7, 11) is 1.96. The van der Waals surface area contributed by atoms with E-state index in [0.29, 0.717) is 0 Å². The van der Waals surface area contributed by atoms with E-state index in [9.17, 15) is 0 Å². The Kier molecular flexibility index (Phi) is 6.61. The lowest BCUT2D eigenvalue weighted by Crippen LogP contribution is -2.25. The molecule has 0 fully saturated rings. The molecule has 1 aromatic rings. The minimum atomic E-state index is 0.881. The van der Waals surface area contributed by atoms with Gasteiger partial charge in [0.2, 0.25) is 0 Å². The van der Waals surface area contributed by atoms with Gasteiger partial charge >= 0.3 is 0 Å². The van der Waals surface area contributed by atoms with Crippen molar-refractivity contribution in [3.63, 3.8) is 0 Å². The summed E-state index contributed by atoms with van der Waals surface area (Å²) in [6.07, 6.45) is 2.43. The molecule has 92 valence electrons. The Balaban J connectivity index is 2.48. The van der Waals surface area contributed by atoms with Crippen LogP contribution in [0.3, 0.4) is 0 Å². The molecule has 0 aliphatic rings. The van der Waals surface area contributed by atoms with Crippen molar-refractivity contribution in [2.75, 3.05) is 20.1 Å². The van der Waals surface area contributed by atoms with Gasteiger partial charge in [-0.05, 0) is 33.0 Å². The van der Waals surface area contributed by atoms with E-state index >= 15 is 0 Å². The number of aromatic nitrogens is 1. The Bertz CT molecular complexity index is 280. The molecule has 0 aromatic carbocycles. The van der Waals surface area contributed by atoms with Crippen LogP contribution in [0.25, 0.3) is 0 Å². The zero-order valence-electron chi connectivity index (χ0n) is 10.6. The number of hydrogen-bond donors (Lipinski definition) is 1. The first kappa shape index (κ1) is 13.6. The van der Waals surface area contributed by atoms with Crippen LogP contribution in [0.5, 0.6) is 0 Å². The molecule has 0 saturated heterocycles. The Morgan fingerprint density at radius 3 is 2.56 bits per heavy atom. The fourth-order valence-corrected chi connectivity index (χ4v) is 2.58. The van der Waals surface area contributed by atoms with Gasteiger partial charge in [-0.1, -0.05) is 13.8 Å². The van der Waals surface area contributed by atoms with Crippen LogP contribution >= 0.6 is 11.3 Å². The summed E-state index contributed by atoms with van der Waals surface area (Å²) in [5, 5.41) is 6.51. The molecule has 1 rings (SSSR count). The zero-order chi connectivity index (χ0) is 11.8. The molecular weight excluding hydrogens is 218 g/mol. The van der Waals surface area contributed by atoms with Gasteiger partial charge in [-0.25, -0.2) is 4.98 Å². The van der Waals surface area contributed by atoms with Crippen molar-refractivity contribution >= 4 is 11.3 Å². The predicted octanol–water partition coefficient (Wildman–Crippen LogP) is 2.48. The SMILES string of the molecule is CCCN(CCC)Cc1csc(CNC)n1. The van der Waals surface area contributed by atoms with Crippen LogP contribution < -0.4 is 5.32 Å². The zero-order valence-corrected chi connectivity index (χ0v) is 11.4. The lowest BCUT2D eigenvalue weighted by atomic mass is 10.3. The molecule has 1 N–H and O–H groups in total. The topological polar surface area (TPSA) is 28.2 Å². The maximum absolute atomic E-state index is 4.62. The van der Waals surface area contributed by atoms with E-state index in [1.54, 1.807) is 11.3 Å². The van der Waals surface area contributed by atoms with Gasteiger partial charge in [0.05, 0.1) is 5.69 Å². The molecule has 0 aliphatic carbocycles. The molecule has 0 radical (unpaired) electrons. The van der Waals surface area contributed by atoms with Gasteiger partial charge < -0.3 is 5.32 Å². The van der Waals surface area contributed by atoms with Crippen LogP contribution in [0.1, 0.15) is 37.4 Å². The van der Waals surface area contributed by atoms with Crippen molar-refractivity contribution in [3.8, 4) is 0 Å². The number of rotatable bonds is 8. The van der Waals surface area contributed by atoms with Gasteiger partial charge in [-0.2, -0.15) is 0 Å². The maximum Gasteiger partial charge on any atom is 0.107 e. The molecule has 16 heavy (non-hydrogen) atoms. The summed E-state index contributed by atoms with van der Waals surface area (Å²) in [5.41, 5.74) is 1.22. The Hall–Kier alpha value is -0.450. The van der Waals surface area contributed by atoms with E-state index in [2.05, 4.69) is 34.4 Å². The molecule has 3 nitrogen and oxygen atoms in total. The highest BCUT2D eigenvalue weighted by Crippen LogP contribution is 2.12. The average Bonchev–Trinajstić information content (AvgIpc) is 2.67. The monoisotopic (exact) mass is 241 g/mol. The summed E-state index contributed by atoms with van der Waals surface area (Å²) in [6, 6.07) is 0. The quantitative estimate of drug-likeness (QED) is 0.758. The Morgan fingerprint density at radius 2 is 2.00 bits per heavy atom. The van der Waals surface area contributed by atoms with E-state index < -0.39 is 0 Å². The maximum atomic E-state index is 4.62. The van der Waals surface area contributed by atoms with Crippen molar-refractivity contribution in [3.05, 3.63) is 16.1 Å². The number of nitrogens with zero attached hydrogens (tertiary/aromatic N) is 2. The van der Waals surface area contributed by atoms with Gasteiger partial charge in [-0.15, -0.1) is 11.3 Å². The highest BCUT2D eigenvalue weighted by atomic mass is 32.1. The first-order valence-electron chi connectivity index (χ1n) is 6.10. The summed E-state index contributed by atoms with van der Waals surface area (Å²) < 4.78 is 0. The summed E-state index contributed by atoms with van der Waals surface area (Å²) in [4.78, 5) is 7.10. The third-order valence-corrected chi connectivity index (χ3v) is 3.29. The molecule has 0 spiro atoms. The minimum Gasteiger partial charge on any atom is -0.314 e. The van der Waals surface area contributed by atoms with Gasteiger partial charge in [0.15, 0.2) is 0 Å². The van der Waals surface area contributed by atoms with E-state index in [0.717, 1.165) is 13.1 Å². The van der Waals surface area contributed by atoms with E-state index in [1.807, 2.05) is 7.05 Å². The van der Waals surface area contributed by atoms with Gasteiger partial charge in [0.25, 0.3) is 0 Å². The fraction of sp³-hybridized carbons (Fsp3) is 0.750. The van der Waals surface area contributed by atoms with Crippen molar-refractivity contribution in [1.29, 1.82) is 0 Å². The first-order valence-corrected chi connectivity index (χ1v) is 6.98. The standard InChI is InChI=1S/C12H23N3S/c1-4-6-15(7-5-2)9-11-10-16-12(14-11)8-13-3/h10,13H,4-9H2,1-3H3. The predicted molar refractivity (Wildman–Crippen MR) is 70.7 cm³/mol. The number of hydrogen-bond acceptors (Lipinski definition) is 4. The van der Waals surface area contributed by atoms with Crippen LogP contribution in [-0.4, -0.2) is 30.0 Å². The number of nitrogens with one attached hydrogen (secondary N) is 1. The molecule has 0 aliphatic heterocycles. The summed E-state index contributed by atoms with van der Waals surface area (Å²) in [6.45, 7) is 8.69. The fourth-order valence-electron chi connectivity index (χ4n) is 1.79. The highest BCUT2D eigenvalue weighted by molar-refractivity contribution is 7.09. The van der Waals surface area contributed by atoms with Crippen molar-refractivity contribution in [2.24, 2.45) is 0 Å². The van der Waals surface area contributed by atoms with Crippen molar-refractivity contribution < 1.29 is 0 Å². The normalized spacial score (nSPS) is 11.2. The molecular formula is C12H23N3S. The van der Waals surface area contributed by atoms with E-state index in [4.69, 9.17) is 0 Å². The molecule has 0 amide bonds. The van der Waals surface area contributed by atoms with Crippen LogP contribution in [0.2, 0.25) is 0 Å². The van der Waals surface area contributed by atoms with Gasteiger partial charge in [0, 0.05) is 18.5 Å². The molecule has 1 aromatic heterocycles. The number of thiazole rings is 1. The smallest absolute Gasteiger partial charge is 0.107 e. The van der Waals surface area contributed by atoms with Crippen LogP contribution in [0, 0.1) is 0 Å². The second kappa shape index (κ2) is 7.76. The third-order valence-electron chi connectivity index (χ3n) is 2.39. The Morgan fingerprint density at radius 1 is 1.31 bits per heavy atom. The molecule has 0 unspecified atom stereocenters. The molecule has 0 bridgehead atoms. The molecule has 0 saturated carbocycles. The minimum absolute atomic E-state index is 0.881. The van der Waals surface area contributed by atoms with Crippen molar-refractivity contribution in [2.45, 2.75) is 39.8 Å². The van der Waals surface area contributed by atoms with E-state index in [-0.39, 0.29) is 0 Å². The van der Waals surface area contributed by atoms with Gasteiger partial charge in [-0.3, -0.25) is 4.90 Å². The first-order chi connectivity index (χ1) is 7.80. The second-order valence-electron chi connectivity index (χ2n) is 4.04. The summed E-state index contributed by atoms with van der Waals surface area (Å²) in [5.74, 6) is 0. The molecule has 0 atom stereocenters. The van der Waals surface area contributed by atoms with Gasteiger partial charge in [0.1, 0.15) is 5.01 Å². The lowest BCUT2D eigenvalue weighted by Gasteiger charge is -2.19. The highest BCUT2D eigenvalue weighted by Gasteiger charge is 2.07. The largest absolute Gasteiger partial charge is 0.314 e. The lowest BCUT2D eigenvalue weighted by molar-refractivity contribution is 0.264. The van der Waals surface area contributed by atoms with E-state index in [1.165, 1.54) is 36.6 Å². The van der Waals surface area contributed by atoms with Crippen LogP contribution in [0.4, 0.5) is 0 Å². The van der Waals surface area contributed by atoms with Crippen LogP contribution in [0.15, 0.2) is 5.38 Å². The molecule has 1 heterocycles. The summed E-state index contributed by atoms with van der Waals surface area (Å²) >= 11 is 1.75.